The first-order valence-corrected chi connectivity index (χ1v) is 7.72. The van der Waals surface area contributed by atoms with Gasteiger partial charge in [0.25, 0.3) is 0 Å². The monoisotopic (exact) mass is 321 g/mol. The second-order valence-electron chi connectivity index (χ2n) is 5.90. The largest absolute Gasteiger partial charge is 0.465 e. The Morgan fingerprint density at radius 1 is 1.25 bits per heavy atom. The van der Waals surface area contributed by atoms with Crippen molar-refractivity contribution in [3.8, 4) is 0 Å². The van der Waals surface area contributed by atoms with Gasteiger partial charge in [-0.25, -0.2) is 9.79 Å². The molecule has 1 unspecified atom stereocenters. The van der Waals surface area contributed by atoms with E-state index >= 15 is 0 Å². The van der Waals surface area contributed by atoms with Gasteiger partial charge in [-0.05, 0) is 42.3 Å². The van der Waals surface area contributed by atoms with Gasteiger partial charge in [0.2, 0.25) is 0 Å². The number of aliphatic imine (C=N–C) groups is 1. The van der Waals surface area contributed by atoms with Gasteiger partial charge in [0.1, 0.15) is 5.82 Å². The number of esters is 1. The van der Waals surface area contributed by atoms with Crippen LogP contribution in [0.4, 0.5) is 5.69 Å². The summed E-state index contributed by atoms with van der Waals surface area (Å²) in [5.41, 5.74) is 2.36. The van der Waals surface area contributed by atoms with Gasteiger partial charge in [0.05, 0.1) is 24.6 Å². The minimum absolute atomic E-state index is 0.200. The van der Waals surface area contributed by atoms with Crippen LogP contribution in [0, 0.1) is 0 Å². The fraction of sp³-hybridized carbons (Fsp3) is 0.211. The van der Waals surface area contributed by atoms with Crippen molar-refractivity contribution in [1.82, 2.24) is 4.98 Å². The number of methoxy groups -OCH3 is 1. The van der Waals surface area contributed by atoms with E-state index in [1.165, 1.54) is 7.11 Å². The van der Waals surface area contributed by atoms with Gasteiger partial charge in [-0.1, -0.05) is 19.1 Å². The summed E-state index contributed by atoms with van der Waals surface area (Å²) in [5.74, 6) is 0.485. The van der Waals surface area contributed by atoms with Gasteiger partial charge >= 0.3 is 5.97 Å². The van der Waals surface area contributed by atoms with Crippen molar-refractivity contribution < 1.29 is 9.53 Å². The highest BCUT2D eigenvalue weighted by Gasteiger charge is 2.26. The average Bonchev–Trinajstić information content (AvgIpc) is 2.64. The number of allylic oxidation sites excluding steroid dienone is 1. The summed E-state index contributed by atoms with van der Waals surface area (Å²) < 4.78 is 4.73. The lowest BCUT2D eigenvalue weighted by atomic mass is 9.79. The summed E-state index contributed by atoms with van der Waals surface area (Å²) in [5, 5.41) is 3.24. The van der Waals surface area contributed by atoms with Crippen molar-refractivity contribution >= 4 is 17.9 Å². The Labute approximate surface area is 141 Å². The first-order chi connectivity index (χ1) is 11.6. The molecule has 2 heterocycles. The molecule has 2 aromatic rings. The summed E-state index contributed by atoms with van der Waals surface area (Å²) in [6, 6.07) is 11.3. The number of rotatable bonds is 4. The quantitative estimate of drug-likeness (QED) is 0.875. The minimum atomic E-state index is -0.327. The molecule has 5 heteroatoms. The van der Waals surface area contributed by atoms with Crippen molar-refractivity contribution in [2.24, 2.45) is 4.99 Å². The maximum Gasteiger partial charge on any atom is 0.337 e. The lowest BCUT2D eigenvalue weighted by Gasteiger charge is -2.28. The number of pyridine rings is 1. The van der Waals surface area contributed by atoms with Crippen LogP contribution >= 0.6 is 0 Å². The molecule has 0 fully saturated rings. The van der Waals surface area contributed by atoms with Crippen molar-refractivity contribution in [1.29, 1.82) is 0 Å². The van der Waals surface area contributed by atoms with Gasteiger partial charge in [-0.2, -0.15) is 0 Å². The molecule has 1 aliphatic rings. The zero-order chi connectivity index (χ0) is 17.0. The fourth-order valence-corrected chi connectivity index (χ4v) is 2.59. The van der Waals surface area contributed by atoms with E-state index in [4.69, 9.17) is 4.74 Å². The predicted octanol–water partition coefficient (Wildman–Crippen LogP) is 3.55. The van der Waals surface area contributed by atoms with E-state index in [9.17, 15) is 4.79 Å². The SMILES string of the molecule is COC(=O)c1ccc(C2(C)C=NC(Nc3cccnc3)=CC2)cc1. The Morgan fingerprint density at radius 2 is 2.04 bits per heavy atom. The standard InChI is InChI=1S/C19H19N3O2/c1-19(15-7-5-14(6-8-15)18(23)24-2)10-9-17(21-13-19)22-16-4-3-11-20-12-16/h3-9,11-13,22H,10H2,1-2H3. The molecule has 24 heavy (non-hydrogen) atoms. The Hall–Kier alpha value is -2.95. The van der Waals surface area contributed by atoms with Crippen molar-refractivity contribution in [3.63, 3.8) is 0 Å². The highest BCUT2D eigenvalue weighted by Crippen LogP contribution is 2.30. The van der Waals surface area contributed by atoms with Gasteiger partial charge in [-0.15, -0.1) is 0 Å². The van der Waals surface area contributed by atoms with E-state index in [1.807, 2.05) is 30.5 Å². The van der Waals surface area contributed by atoms with Gasteiger partial charge in [0, 0.05) is 17.8 Å². The Balaban J connectivity index is 1.72. The third-order valence-corrected chi connectivity index (χ3v) is 4.11. The number of aromatic nitrogens is 1. The molecule has 0 radical (unpaired) electrons. The molecule has 1 aliphatic heterocycles. The number of carbonyl (C=O) groups excluding carboxylic acids is 1. The molecule has 0 aliphatic carbocycles. The Kier molecular flexibility index (Phi) is 4.42. The number of ether oxygens (including phenoxy) is 1. The smallest absolute Gasteiger partial charge is 0.337 e. The molecule has 0 saturated carbocycles. The first-order valence-electron chi connectivity index (χ1n) is 7.72. The average molecular weight is 321 g/mol. The normalized spacial score (nSPS) is 19.5. The summed E-state index contributed by atoms with van der Waals surface area (Å²) in [7, 11) is 1.38. The van der Waals surface area contributed by atoms with Gasteiger partial charge < -0.3 is 10.1 Å². The lowest BCUT2D eigenvalue weighted by molar-refractivity contribution is 0.0600. The maximum atomic E-state index is 11.5. The lowest BCUT2D eigenvalue weighted by Crippen LogP contribution is -2.26. The molecule has 5 nitrogen and oxygen atoms in total. The Bertz CT molecular complexity index is 782. The molecule has 1 atom stereocenters. The van der Waals surface area contributed by atoms with E-state index in [1.54, 1.807) is 24.5 Å². The number of benzene rings is 1. The second-order valence-corrected chi connectivity index (χ2v) is 5.90. The van der Waals surface area contributed by atoms with E-state index < -0.39 is 0 Å². The van der Waals surface area contributed by atoms with Crippen LogP contribution in [0.25, 0.3) is 0 Å². The Morgan fingerprint density at radius 3 is 2.62 bits per heavy atom. The maximum absolute atomic E-state index is 11.5. The number of hydrogen-bond acceptors (Lipinski definition) is 5. The summed E-state index contributed by atoms with van der Waals surface area (Å²) in [6.07, 6.45) is 8.32. The van der Waals surface area contributed by atoms with E-state index in [-0.39, 0.29) is 11.4 Å². The first kappa shape index (κ1) is 15.9. The summed E-state index contributed by atoms with van der Waals surface area (Å²) in [6.45, 7) is 2.13. The van der Waals surface area contributed by atoms with Crippen molar-refractivity contribution in [3.05, 3.63) is 71.8 Å². The van der Waals surface area contributed by atoms with Gasteiger partial charge in [-0.3, -0.25) is 4.98 Å². The van der Waals surface area contributed by atoms with Crippen molar-refractivity contribution in [2.75, 3.05) is 12.4 Å². The molecular formula is C19H19N3O2. The third-order valence-electron chi connectivity index (χ3n) is 4.11. The third kappa shape index (κ3) is 3.35. The van der Waals surface area contributed by atoms with E-state index in [0.717, 1.165) is 23.5 Å². The van der Waals surface area contributed by atoms with Crippen LogP contribution < -0.4 is 5.32 Å². The molecule has 1 N–H and O–H groups in total. The van der Waals surface area contributed by atoms with Crippen LogP contribution in [0.1, 0.15) is 29.3 Å². The fourth-order valence-electron chi connectivity index (χ4n) is 2.59. The number of anilines is 1. The molecule has 0 spiro atoms. The highest BCUT2D eigenvalue weighted by molar-refractivity contribution is 5.89. The zero-order valence-corrected chi connectivity index (χ0v) is 13.7. The molecule has 1 aromatic carbocycles. The number of nitrogens with zero attached hydrogens (tertiary/aromatic N) is 2. The van der Waals surface area contributed by atoms with E-state index in [0.29, 0.717) is 5.56 Å². The van der Waals surface area contributed by atoms with Crippen LogP contribution in [0.5, 0.6) is 0 Å². The highest BCUT2D eigenvalue weighted by atomic mass is 16.5. The van der Waals surface area contributed by atoms with Gasteiger partial charge in [0.15, 0.2) is 0 Å². The topological polar surface area (TPSA) is 63.6 Å². The van der Waals surface area contributed by atoms with Crippen LogP contribution in [-0.4, -0.2) is 24.3 Å². The van der Waals surface area contributed by atoms with Crippen LogP contribution in [-0.2, 0) is 10.2 Å². The molecule has 3 rings (SSSR count). The molecular weight excluding hydrogens is 302 g/mol. The number of hydrogen-bond donors (Lipinski definition) is 1. The summed E-state index contributed by atoms with van der Waals surface area (Å²) >= 11 is 0. The predicted molar refractivity (Wildman–Crippen MR) is 94.2 cm³/mol. The second kappa shape index (κ2) is 6.66. The molecule has 0 amide bonds. The van der Waals surface area contributed by atoms with Crippen LogP contribution in [0.15, 0.2) is 65.7 Å². The minimum Gasteiger partial charge on any atom is -0.465 e. The number of nitrogens with one attached hydrogen (secondary N) is 1. The van der Waals surface area contributed by atoms with Crippen LogP contribution in [0.3, 0.4) is 0 Å². The molecule has 0 saturated heterocycles. The van der Waals surface area contributed by atoms with Crippen molar-refractivity contribution in [2.45, 2.75) is 18.8 Å². The number of carbonyl (C=O) groups is 1. The van der Waals surface area contributed by atoms with Crippen LogP contribution in [0.2, 0.25) is 0 Å². The molecule has 0 bridgehead atoms. The van der Waals surface area contributed by atoms with E-state index in [2.05, 4.69) is 28.3 Å². The zero-order valence-electron chi connectivity index (χ0n) is 13.7. The summed E-state index contributed by atoms with van der Waals surface area (Å²) in [4.78, 5) is 20.1. The molecule has 1 aromatic heterocycles. The molecule has 122 valence electrons.